The van der Waals surface area contributed by atoms with E-state index in [1.165, 1.54) is 6.07 Å². The predicted molar refractivity (Wildman–Crippen MR) is 121 cm³/mol. The molecule has 0 spiro atoms. The molecule has 0 saturated carbocycles. The van der Waals surface area contributed by atoms with Crippen LogP contribution in [0.5, 0.6) is 11.5 Å². The fourth-order valence-electron chi connectivity index (χ4n) is 4.54. The van der Waals surface area contributed by atoms with E-state index in [0.717, 1.165) is 17.7 Å². The maximum absolute atomic E-state index is 13.2. The lowest BCUT2D eigenvalue weighted by Gasteiger charge is -2.32. The number of carbonyl (C=O) groups is 1. The molecule has 186 valence electrons. The smallest absolute Gasteiger partial charge is 0.453 e. The number of carbonyl (C=O) groups excluding carboxylic acids is 1. The summed E-state index contributed by atoms with van der Waals surface area (Å²) in [6, 6.07) is 6.80. The van der Waals surface area contributed by atoms with Crippen molar-refractivity contribution in [1.82, 2.24) is 19.8 Å². The third kappa shape index (κ3) is 4.56. The Morgan fingerprint density at radius 3 is 2.71 bits per heavy atom. The third-order valence-corrected chi connectivity index (χ3v) is 6.25. The normalized spacial score (nSPS) is 18.4. The second-order valence-corrected chi connectivity index (χ2v) is 8.76. The molecule has 2 aliphatic heterocycles. The summed E-state index contributed by atoms with van der Waals surface area (Å²) in [5.41, 5.74) is 1.65. The number of hydrogen-bond acceptors (Lipinski definition) is 7. The first-order chi connectivity index (χ1) is 16.7. The number of amides is 1. The molecular formula is C23H25F3N6O3. The van der Waals surface area contributed by atoms with Gasteiger partial charge in [-0.05, 0) is 44.9 Å². The summed E-state index contributed by atoms with van der Waals surface area (Å²) in [7, 11) is 0. The molecule has 1 fully saturated rings. The Hall–Kier alpha value is -3.57. The Bertz CT molecular complexity index is 1250. The molecule has 2 aromatic heterocycles. The molecule has 0 radical (unpaired) electrons. The van der Waals surface area contributed by atoms with E-state index >= 15 is 0 Å². The van der Waals surface area contributed by atoms with Gasteiger partial charge in [0.25, 0.3) is 5.82 Å². The van der Waals surface area contributed by atoms with Crippen molar-refractivity contribution in [2.75, 3.05) is 29.9 Å². The Balaban J connectivity index is 1.26. The van der Waals surface area contributed by atoms with Crippen LogP contribution in [0.25, 0.3) is 5.65 Å². The molecule has 1 aromatic carbocycles. The fraction of sp³-hybridized carbons (Fsp3) is 0.478. The van der Waals surface area contributed by atoms with Gasteiger partial charge in [0.05, 0.1) is 12.3 Å². The maximum Gasteiger partial charge on any atom is 0.453 e. The Morgan fingerprint density at radius 1 is 1.23 bits per heavy atom. The van der Waals surface area contributed by atoms with E-state index in [2.05, 4.69) is 20.6 Å². The highest BCUT2D eigenvalue weighted by Gasteiger charge is 2.38. The summed E-state index contributed by atoms with van der Waals surface area (Å²) in [5, 5.41) is 13.8. The highest BCUT2D eigenvalue weighted by atomic mass is 19.4. The van der Waals surface area contributed by atoms with Gasteiger partial charge in [0.2, 0.25) is 5.91 Å². The van der Waals surface area contributed by atoms with Gasteiger partial charge in [0.1, 0.15) is 23.4 Å². The highest BCUT2D eigenvalue weighted by Crippen LogP contribution is 2.38. The molecular weight excluding hydrogens is 465 g/mol. The molecule has 0 bridgehead atoms. The standard InChI is InChI=1S/C23H25F3N6O3/c1-3-34-18-11-15-10-13(2)35-17(15)12-16(18)27-21(33)14-6-8-31(9-7-14)20-5-4-19-28-29-22(23(24,25)26)32(19)30-20/h4-5,11-14H,3,6-10H2,1-2H3,(H,27,33)/t13-/m0/s1. The lowest BCUT2D eigenvalue weighted by atomic mass is 9.95. The molecule has 1 N–H and O–H groups in total. The van der Waals surface area contributed by atoms with Gasteiger partial charge >= 0.3 is 6.18 Å². The zero-order chi connectivity index (χ0) is 24.7. The van der Waals surface area contributed by atoms with E-state index in [9.17, 15) is 18.0 Å². The number of hydrogen-bond donors (Lipinski definition) is 1. The van der Waals surface area contributed by atoms with Crippen molar-refractivity contribution >= 4 is 23.1 Å². The summed E-state index contributed by atoms with van der Waals surface area (Å²) in [4.78, 5) is 14.9. The zero-order valence-electron chi connectivity index (χ0n) is 19.3. The minimum absolute atomic E-state index is 0.0214. The number of benzene rings is 1. The second kappa shape index (κ2) is 8.90. The third-order valence-electron chi connectivity index (χ3n) is 6.25. The second-order valence-electron chi connectivity index (χ2n) is 8.76. The summed E-state index contributed by atoms with van der Waals surface area (Å²) in [5.74, 6) is 0.199. The van der Waals surface area contributed by atoms with Crippen LogP contribution in [0.15, 0.2) is 24.3 Å². The number of piperidine rings is 1. The number of nitrogens with zero attached hydrogens (tertiary/aromatic N) is 5. The van der Waals surface area contributed by atoms with E-state index in [-0.39, 0.29) is 23.6 Å². The molecule has 3 aromatic rings. The summed E-state index contributed by atoms with van der Waals surface area (Å²) in [6.45, 7) is 5.30. The van der Waals surface area contributed by atoms with Crippen LogP contribution in [-0.2, 0) is 17.4 Å². The van der Waals surface area contributed by atoms with Gasteiger partial charge in [-0.15, -0.1) is 15.3 Å². The minimum Gasteiger partial charge on any atom is -0.492 e. The van der Waals surface area contributed by atoms with E-state index < -0.39 is 12.0 Å². The van der Waals surface area contributed by atoms with Crippen LogP contribution in [0.2, 0.25) is 0 Å². The van der Waals surface area contributed by atoms with Crippen molar-refractivity contribution in [3.63, 3.8) is 0 Å². The molecule has 0 aliphatic carbocycles. The molecule has 4 heterocycles. The number of alkyl halides is 3. The van der Waals surface area contributed by atoms with Crippen LogP contribution >= 0.6 is 0 Å². The van der Waals surface area contributed by atoms with Crippen LogP contribution in [0.1, 0.15) is 38.1 Å². The first kappa shape index (κ1) is 23.2. The SMILES string of the molecule is CCOc1cc2c(cc1NC(=O)C1CCN(c3ccc4nnc(C(F)(F)F)n4n3)CC1)O[C@@H](C)C2. The number of halogens is 3. The van der Waals surface area contributed by atoms with Gasteiger partial charge in [0, 0.05) is 37.1 Å². The maximum atomic E-state index is 13.2. The molecule has 1 amide bonds. The fourth-order valence-corrected chi connectivity index (χ4v) is 4.54. The molecule has 1 saturated heterocycles. The monoisotopic (exact) mass is 490 g/mol. The topological polar surface area (TPSA) is 93.9 Å². The van der Waals surface area contributed by atoms with Gasteiger partial charge in [-0.3, -0.25) is 4.79 Å². The van der Waals surface area contributed by atoms with E-state index in [0.29, 0.717) is 54.3 Å². The van der Waals surface area contributed by atoms with Gasteiger partial charge in [-0.2, -0.15) is 17.7 Å². The summed E-state index contributed by atoms with van der Waals surface area (Å²) < 4.78 is 51.8. The van der Waals surface area contributed by atoms with Crippen molar-refractivity contribution in [1.29, 1.82) is 0 Å². The quantitative estimate of drug-likeness (QED) is 0.583. The zero-order valence-corrected chi connectivity index (χ0v) is 19.3. The number of ether oxygens (including phenoxy) is 2. The minimum atomic E-state index is -4.66. The van der Waals surface area contributed by atoms with Crippen molar-refractivity contribution in [3.05, 3.63) is 35.7 Å². The van der Waals surface area contributed by atoms with Gasteiger partial charge < -0.3 is 19.7 Å². The van der Waals surface area contributed by atoms with Crippen molar-refractivity contribution < 1.29 is 27.4 Å². The van der Waals surface area contributed by atoms with Crippen LogP contribution in [-0.4, -0.2) is 51.5 Å². The van der Waals surface area contributed by atoms with Gasteiger partial charge in [0.15, 0.2) is 5.65 Å². The molecule has 35 heavy (non-hydrogen) atoms. The van der Waals surface area contributed by atoms with E-state index in [4.69, 9.17) is 9.47 Å². The Kier molecular flexibility index (Phi) is 5.89. The van der Waals surface area contributed by atoms with Crippen molar-refractivity contribution in [2.24, 2.45) is 5.92 Å². The van der Waals surface area contributed by atoms with Crippen molar-refractivity contribution in [3.8, 4) is 11.5 Å². The van der Waals surface area contributed by atoms with E-state index in [1.807, 2.05) is 30.9 Å². The van der Waals surface area contributed by atoms with Crippen molar-refractivity contribution in [2.45, 2.75) is 45.4 Å². The average Bonchev–Trinajstić information content (AvgIpc) is 3.41. The van der Waals surface area contributed by atoms with Crippen LogP contribution in [0.4, 0.5) is 24.7 Å². The number of anilines is 2. The van der Waals surface area contributed by atoms with Gasteiger partial charge in [-0.1, -0.05) is 0 Å². The van der Waals surface area contributed by atoms with Gasteiger partial charge in [-0.25, -0.2) is 0 Å². The molecule has 2 aliphatic rings. The van der Waals surface area contributed by atoms with Crippen LogP contribution < -0.4 is 19.7 Å². The predicted octanol–water partition coefficient (Wildman–Crippen LogP) is 3.72. The number of rotatable bonds is 5. The summed E-state index contributed by atoms with van der Waals surface area (Å²) >= 11 is 0. The Labute approximate surface area is 199 Å². The average molecular weight is 490 g/mol. The number of nitrogens with one attached hydrogen (secondary N) is 1. The summed E-state index contributed by atoms with van der Waals surface area (Å²) in [6.07, 6.45) is -2.73. The van der Waals surface area contributed by atoms with Crippen LogP contribution in [0, 0.1) is 5.92 Å². The first-order valence-electron chi connectivity index (χ1n) is 11.5. The molecule has 5 rings (SSSR count). The highest BCUT2D eigenvalue weighted by molar-refractivity contribution is 5.94. The first-order valence-corrected chi connectivity index (χ1v) is 11.5. The Morgan fingerprint density at radius 2 is 2.00 bits per heavy atom. The van der Waals surface area contributed by atoms with Crippen LogP contribution in [0.3, 0.4) is 0 Å². The lowest BCUT2D eigenvalue weighted by Crippen LogP contribution is -2.38. The molecule has 0 unspecified atom stereocenters. The van der Waals surface area contributed by atoms with E-state index in [1.54, 1.807) is 6.07 Å². The number of aromatic nitrogens is 4. The lowest BCUT2D eigenvalue weighted by molar-refractivity contribution is -0.146. The molecule has 1 atom stereocenters. The number of fused-ring (bicyclic) bond motifs is 2. The molecule has 12 heteroatoms. The molecule has 9 nitrogen and oxygen atoms in total. The largest absolute Gasteiger partial charge is 0.492 e.